The van der Waals surface area contributed by atoms with Crippen molar-refractivity contribution >= 4 is 23.4 Å². The largest absolute Gasteiger partial charge is 0.380 e. The maximum atomic E-state index is 14.6. The summed E-state index contributed by atoms with van der Waals surface area (Å²) in [5, 5.41) is 14.0. The van der Waals surface area contributed by atoms with Crippen LogP contribution in [-0.4, -0.2) is 53.3 Å². The molecule has 3 atom stereocenters. The lowest BCUT2D eigenvalue weighted by Crippen LogP contribution is -2.57. The number of anilines is 1. The Labute approximate surface area is 278 Å². The average molecular weight is 642 g/mol. The molecule has 252 valence electrons. The number of rotatable bonds is 11. The van der Waals surface area contributed by atoms with E-state index in [9.17, 15) is 14.4 Å². The predicted octanol–water partition coefficient (Wildman–Crippen LogP) is 5.22. The molecule has 2 aromatic rings. The highest BCUT2D eigenvalue weighted by molar-refractivity contribution is 6.01. The van der Waals surface area contributed by atoms with Crippen LogP contribution in [0.25, 0.3) is 0 Å². The van der Waals surface area contributed by atoms with Gasteiger partial charge < -0.3 is 20.7 Å². The molecule has 3 amide bonds. The molecule has 1 aromatic carbocycles. The van der Waals surface area contributed by atoms with E-state index in [1.165, 1.54) is 38.5 Å². The van der Waals surface area contributed by atoms with Gasteiger partial charge in [0.15, 0.2) is 0 Å². The molecule has 9 heteroatoms. The zero-order valence-electron chi connectivity index (χ0n) is 28.0. The molecule has 1 aliphatic heterocycles. The lowest BCUT2D eigenvalue weighted by molar-refractivity contribution is -0.127. The van der Waals surface area contributed by atoms with Crippen molar-refractivity contribution in [3.8, 4) is 0 Å². The second kappa shape index (κ2) is 12.0. The second-order valence-corrected chi connectivity index (χ2v) is 16.5. The summed E-state index contributed by atoms with van der Waals surface area (Å²) < 4.78 is 7.40. The van der Waals surface area contributed by atoms with E-state index in [-0.39, 0.29) is 29.1 Å². The maximum absolute atomic E-state index is 14.6. The number of nitrogens with one attached hydrogen (secondary N) is 3. The van der Waals surface area contributed by atoms with Gasteiger partial charge in [-0.15, -0.1) is 0 Å². The highest BCUT2D eigenvalue weighted by Gasteiger charge is 2.56. The third kappa shape index (κ3) is 5.80. The third-order valence-electron chi connectivity index (χ3n) is 13.3. The Morgan fingerprint density at radius 1 is 1.02 bits per heavy atom. The molecule has 1 aromatic heterocycles. The van der Waals surface area contributed by atoms with Gasteiger partial charge in [0.05, 0.1) is 12.0 Å². The van der Waals surface area contributed by atoms with Gasteiger partial charge in [0.25, 0.3) is 5.91 Å². The van der Waals surface area contributed by atoms with Gasteiger partial charge in [0, 0.05) is 32.1 Å². The number of amides is 3. The van der Waals surface area contributed by atoms with E-state index in [1.807, 2.05) is 24.3 Å². The van der Waals surface area contributed by atoms with Crippen LogP contribution >= 0.6 is 0 Å². The van der Waals surface area contributed by atoms with E-state index in [4.69, 9.17) is 4.74 Å². The monoisotopic (exact) mass is 641 g/mol. The van der Waals surface area contributed by atoms with Crippen molar-refractivity contribution in [2.75, 3.05) is 25.1 Å². The normalized spacial score (nSPS) is 33.1. The molecule has 3 N–H and O–H groups in total. The Morgan fingerprint density at radius 3 is 2.36 bits per heavy atom. The van der Waals surface area contributed by atoms with Crippen LogP contribution in [0.15, 0.2) is 36.5 Å². The van der Waals surface area contributed by atoms with E-state index in [0.717, 1.165) is 43.1 Å². The Hall–Kier alpha value is -3.20. The van der Waals surface area contributed by atoms with Crippen molar-refractivity contribution in [2.45, 2.75) is 89.0 Å². The molecule has 7 aliphatic rings. The second-order valence-electron chi connectivity index (χ2n) is 16.5. The van der Waals surface area contributed by atoms with Crippen LogP contribution in [0.2, 0.25) is 0 Å². The van der Waals surface area contributed by atoms with Crippen LogP contribution in [0.1, 0.15) is 93.6 Å². The maximum Gasteiger partial charge on any atom is 0.270 e. The summed E-state index contributed by atoms with van der Waals surface area (Å²) in [6.07, 6.45) is 14.4. The minimum atomic E-state index is -0.787. The number of nitrogens with zero attached hydrogens (tertiary/aromatic N) is 2. The summed E-state index contributed by atoms with van der Waals surface area (Å²) in [4.78, 5) is 42.1. The van der Waals surface area contributed by atoms with E-state index in [2.05, 4.69) is 28.0 Å². The Kier molecular flexibility index (Phi) is 7.97. The van der Waals surface area contributed by atoms with Gasteiger partial charge >= 0.3 is 0 Å². The summed E-state index contributed by atoms with van der Waals surface area (Å²) in [6.45, 7) is 3.77. The minimum absolute atomic E-state index is 0.00334. The van der Waals surface area contributed by atoms with E-state index in [0.29, 0.717) is 61.2 Å². The van der Waals surface area contributed by atoms with Crippen LogP contribution < -0.4 is 16.0 Å². The highest BCUT2D eigenvalue weighted by atomic mass is 16.5. The number of aryl methyl sites for hydroxylation is 1. The summed E-state index contributed by atoms with van der Waals surface area (Å²) in [5.74, 6) is 3.58. The summed E-state index contributed by atoms with van der Waals surface area (Å²) in [6, 6.07) is 8.82. The van der Waals surface area contributed by atoms with Gasteiger partial charge in [-0.2, -0.15) is 5.10 Å². The Bertz CT molecular complexity index is 1490. The molecular weight excluding hydrogens is 590 g/mol. The first-order chi connectivity index (χ1) is 22.7. The van der Waals surface area contributed by atoms with Crippen molar-refractivity contribution < 1.29 is 19.1 Å². The fraction of sp³-hybridized carbons (Fsp3) is 0.684. The molecule has 9 nitrogen and oxygen atoms in total. The zero-order chi connectivity index (χ0) is 32.3. The van der Waals surface area contributed by atoms with Crippen molar-refractivity contribution in [3.63, 3.8) is 0 Å². The smallest absolute Gasteiger partial charge is 0.270 e. The number of hydrogen-bond donors (Lipinski definition) is 3. The van der Waals surface area contributed by atoms with Gasteiger partial charge in [-0.25, -0.2) is 0 Å². The first kappa shape index (κ1) is 31.1. The van der Waals surface area contributed by atoms with Crippen molar-refractivity contribution in [3.05, 3.63) is 47.8 Å². The molecule has 2 unspecified atom stereocenters. The molecule has 4 bridgehead atoms. The topological polar surface area (TPSA) is 114 Å². The van der Waals surface area contributed by atoms with Crippen LogP contribution in [0, 0.1) is 46.8 Å². The highest BCUT2D eigenvalue weighted by Crippen LogP contribution is 2.61. The number of benzene rings is 1. The van der Waals surface area contributed by atoms with Crippen LogP contribution in [0.3, 0.4) is 0 Å². The molecule has 0 radical (unpaired) electrons. The molecule has 47 heavy (non-hydrogen) atoms. The van der Waals surface area contributed by atoms with Crippen molar-refractivity contribution in [2.24, 2.45) is 53.9 Å². The molecular formula is C38H51N5O4. The number of ether oxygens (including phenoxy) is 1. The van der Waals surface area contributed by atoms with Crippen LogP contribution in [0.4, 0.5) is 5.69 Å². The molecule has 6 aliphatic carbocycles. The quantitative estimate of drug-likeness (QED) is 0.311. The summed E-state index contributed by atoms with van der Waals surface area (Å²) in [5.41, 5.74) is 1.35. The third-order valence-corrected chi connectivity index (χ3v) is 13.3. The molecule has 6 saturated carbocycles. The number of carbonyl (C=O) groups is 3. The number of carbonyl (C=O) groups excluding carboxylic acids is 3. The van der Waals surface area contributed by atoms with Gasteiger partial charge in [-0.1, -0.05) is 25.5 Å². The fourth-order valence-corrected chi connectivity index (χ4v) is 10.7. The average Bonchev–Trinajstić information content (AvgIpc) is 3.57. The van der Waals surface area contributed by atoms with Gasteiger partial charge in [0.1, 0.15) is 11.7 Å². The first-order valence-electron chi connectivity index (χ1n) is 18.3. The number of hydrogen-bond acceptors (Lipinski definition) is 5. The van der Waals surface area contributed by atoms with Crippen molar-refractivity contribution in [1.29, 1.82) is 0 Å². The lowest BCUT2D eigenvalue weighted by Gasteiger charge is -2.57. The standard InChI is InChI=1S/C38H51N5O4/c1-37(10-4-11-37)21-39-36(46)38(12-14-47-22-38)28-5-3-6-29(20-28)41-35(45)33(42-34(44)30-9-13-40-43(30)2)32(25-7-8-25)31-26-16-23-15-24(18-26)19-27(31)17-23/h3,5-6,9,13,20,23-27,31-33H,4,7-8,10-12,14-19,21-22H2,1-2H3,(H,39,46)(H,41,45)(H,42,44)/t23?,24?,26?,27?,31?,32?,33-,38?/m0/s1. The van der Waals surface area contributed by atoms with Crippen LogP contribution in [0.5, 0.6) is 0 Å². The Balaban J connectivity index is 1.07. The first-order valence-corrected chi connectivity index (χ1v) is 18.3. The lowest BCUT2D eigenvalue weighted by atomic mass is 9.48. The van der Waals surface area contributed by atoms with Crippen LogP contribution in [-0.2, 0) is 26.8 Å². The van der Waals surface area contributed by atoms with Gasteiger partial charge in [-0.05, 0) is 135 Å². The van der Waals surface area contributed by atoms with E-state index >= 15 is 0 Å². The summed E-state index contributed by atoms with van der Waals surface area (Å²) >= 11 is 0. The summed E-state index contributed by atoms with van der Waals surface area (Å²) in [7, 11) is 1.76. The fourth-order valence-electron chi connectivity index (χ4n) is 10.7. The van der Waals surface area contributed by atoms with Gasteiger partial charge in [0.2, 0.25) is 11.8 Å². The predicted molar refractivity (Wildman–Crippen MR) is 178 cm³/mol. The molecule has 9 rings (SSSR count). The Morgan fingerprint density at radius 2 is 1.77 bits per heavy atom. The van der Waals surface area contributed by atoms with E-state index in [1.54, 1.807) is 24.0 Å². The molecule has 1 saturated heterocycles. The van der Waals surface area contributed by atoms with Gasteiger partial charge in [-0.3, -0.25) is 19.1 Å². The minimum Gasteiger partial charge on any atom is -0.380 e. The van der Waals surface area contributed by atoms with E-state index < -0.39 is 11.5 Å². The SMILES string of the molecule is Cn1nccc1C(=O)N[C@H](C(=O)Nc1cccc(C2(C(=O)NCC3(C)CCC3)CCOC2)c1)C(C1CC1)C1C2CC3CC(C2)CC1C3. The molecule has 7 fully saturated rings. The number of aromatic nitrogens is 2. The van der Waals surface area contributed by atoms with Crippen molar-refractivity contribution in [1.82, 2.24) is 20.4 Å². The molecule has 2 heterocycles. The zero-order valence-corrected chi connectivity index (χ0v) is 28.0. The molecule has 0 spiro atoms.